The zero-order chi connectivity index (χ0) is 21.8. The predicted molar refractivity (Wildman–Crippen MR) is 121 cm³/mol. The molecule has 0 bridgehead atoms. The van der Waals surface area contributed by atoms with E-state index in [1.165, 1.54) is 11.8 Å². The Bertz CT molecular complexity index is 1060. The van der Waals surface area contributed by atoms with Crippen LogP contribution < -0.4 is 9.47 Å². The molecule has 4 rings (SSSR count). The monoisotopic (exact) mass is 458 g/mol. The summed E-state index contributed by atoms with van der Waals surface area (Å²) in [4.78, 5) is 19.4. The fraction of sp³-hybridized carbons (Fsp3) is 0.318. The van der Waals surface area contributed by atoms with E-state index < -0.39 is 0 Å². The lowest BCUT2D eigenvalue weighted by Crippen LogP contribution is -2.32. The Labute approximate surface area is 190 Å². The zero-order valence-corrected chi connectivity index (χ0v) is 18.9. The van der Waals surface area contributed by atoms with Gasteiger partial charge in [-0.05, 0) is 55.3 Å². The minimum atomic E-state index is -0.0325. The standard InChI is InChI=1S/C22H23ClN4O3S/c1-29-16-9-10-19(30-2)17(12-16)18-4-3-11-27(18)20(28)13-31-22-24-21(25-26-22)14-5-7-15(23)8-6-14/h5-10,12,18H,3-4,11,13H2,1-2H3,(H,24,25,26). The summed E-state index contributed by atoms with van der Waals surface area (Å²) in [5.41, 5.74) is 1.86. The van der Waals surface area contributed by atoms with Gasteiger partial charge in [0.05, 0.1) is 26.0 Å². The van der Waals surface area contributed by atoms with Crippen LogP contribution in [0.5, 0.6) is 11.5 Å². The molecular formula is C22H23ClN4O3S. The van der Waals surface area contributed by atoms with Crippen LogP contribution in [-0.4, -0.2) is 52.5 Å². The van der Waals surface area contributed by atoms with Crippen molar-refractivity contribution < 1.29 is 14.3 Å². The SMILES string of the molecule is COc1ccc(OC)c(C2CCCN2C(=O)CSc2n[nH]c(-c3ccc(Cl)cc3)n2)c1. The largest absolute Gasteiger partial charge is 0.497 e. The lowest BCUT2D eigenvalue weighted by Gasteiger charge is -2.26. The summed E-state index contributed by atoms with van der Waals surface area (Å²) >= 11 is 7.26. The van der Waals surface area contributed by atoms with Crippen molar-refractivity contribution in [3.63, 3.8) is 0 Å². The summed E-state index contributed by atoms with van der Waals surface area (Å²) in [7, 11) is 3.28. The van der Waals surface area contributed by atoms with Gasteiger partial charge in [-0.1, -0.05) is 23.4 Å². The number of rotatable bonds is 7. The number of carbonyl (C=O) groups is 1. The highest BCUT2D eigenvalue weighted by Crippen LogP contribution is 2.39. The molecule has 0 spiro atoms. The number of carbonyl (C=O) groups excluding carboxylic acids is 1. The van der Waals surface area contributed by atoms with Gasteiger partial charge in [0.25, 0.3) is 0 Å². The van der Waals surface area contributed by atoms with Gasteiger partial charge in [0.1, 0.15) is 11.5 Å². The fourth-order valence-electron chi connectivity index (χ4n) is 3.75. The van der Waals surface area contributed by atoms with Gasteiger partial charge >= 0.3 is 0 Å². The maximum Gasteiger partial charge on any atom is 0.233 e. The Hall–Kier alpha value is -2.71. The molecule has 1 amide bonds. The number of methoxy groups -OCH3 is 2. The molecule has 1 aliphatic heterocycles. The van der Waals surface area contributed by atoms with E-state index >= 15 is 0 Å². The number of likely N-dealkylation sites (tertiary alicyclic amines) is 1. The number of halogens is 1. The molecule has 1 fully saturated rings. The molecule has 3 aromatic rings. The third-order valence-corrected chi connectivity index (χ3v) is 6.36. The van der Waals surface area contributed by atoms with Gasteiger partial charge in [-0.3, -0.25) is 9.89 Å². The highest BCUT2D eigenvalue weighted by molar-refractivity contribution is 7.99. The van der Waals surface area contributed by atoms with Gasteiger partial charge in [0.2, 0.25) is 11.1 Å². The van der Waals surface area contributed by atoms with Crippen molar-refractivity contribution in [1.29, 1.82) is 0 Å². The quantitative estimate of drug-likeness (QED) is 0.521. The second-order valence-electron chi connectivity index (χ2n) is 7.12. The number of H-pyrrole nitrogens is 1. The molecule has 1 saturated heterocycles. The lowest BCUT2D eigenvalue weighted by molar-refractivity contribution is -0.129. The van der Waals surface area contributed by atoms with Crippen molar-refractivity contribution in [2.45, 2.75) is 24.0 Å². The first-order valence-electron chi connectivity index (χ1n) is 9.91. The molecule has 1 atom stereocenters. The molecule has 0 saturated carbocycles. The van der Waals surface area contributed by atoms with Crippen molar-refractivity contribution in [3.8, 4) is 22.9 Å². The third-order valence-electron chi connectivity index (χ3n) is 5.28. The Kier molecular flexibility index (Phi) is 6.67. The normalized spacial score (nSPS) is 15.8. The van der Waals surface area contributed by atoms with Gasteiger partial charge in [-0.25, -0.2) is 4.98 Å². The average molecular weight is 459 g/mol. The molecule has 1 unspecified atom stereocenters. The van der Waals surface area contributed by atoms with Gasteiger partial charge in [0.15, 0.2) is 5.82 Å². The van der Waals surface area contributed by atoms with Gasteiger partial charge in [-0.15, -0.1) is 5.10 Å². The average Bonchev–Trinajstić information content (AvgIpc) is 3.47. The summed E-state index contributed by atoms with van der Waals surface area (Å²) in [6.07, 6.45) is 1.84. The van der Waals surface area contributed by atoms with E-state index in [-0.39, 0.29) is 17.7 Å². The number of aromatic nitrogens is 3. The number of hydrogen-bond donors (Lipinski definition) is 1. The second-order valence-corrected chi connectivity index (χ2v) is 8.49. The van der Waals surface area contributed by atoms with Crippen LogP contribution in [0.4, 0.5) is 0 Å². The summed E-state index contributed by atoms with van der Waals surface area (Å²) in [6.45, 7) is 0.717. The van der Waals surface area contributed by atoms with E-state index in [2.05, 4.69) is 15.2 Å². The molecule has 0 radical (unpaired) electrons. The number of nitrogens with one attached hydrogen (secondary N) is 1. The minimum absolute atomic E-state index is 0.0325. The van der Waals surface area contributed by atoms with E-state index in [4.69, 9.17) is 21.1 Å². The zero-order valence-electron chi connectivity index (χ0n) is 17.3. The van der Waals surface area contributed by atoms with Crippen LogP contribution in [0, 0.1) is 0 Å². The van der Waals surface area contributed by atoms with E-state index in [9.17, 15) is 4.79 Å². The first-order chi connectivity index (χ1) is 15.1. The first kappa shape index (κ1) is 21.5. The molecule has 2 aromatic carbocycles. The first-order valence-corrected chi connectivity index (χ1v) is 11.3. The Morgan fingerprint density at radius 2 is 2.03 bits per heavy atom. The Morgan fingerprint density at radius 3 is 2.77 bits per heavy atom. The second kappa shape index (κ2) is 9.62. The molecular weight excluding hydrogens is 436 g/mol. The van der Waals surface area contributed by atoms with Crippen LogP contribution in [0.1, 0.15) is 24.4 Å². The van der Waals surface area contributed by atoms with Crippen LogP contribution in [0.25, 0.3) is 11.4 Å². The smallest absolute Gasteiger partial charge is 0.233 e. The number of ether oxygens (including phenoxy) is 2. The Balaban J connectivity index is 1.43. The molecule has 1 aromatic heterocycles. The number of amides is 1. The van der Waals surface area contributed by atoms with E-state index in [1.807, 2.05) is 35.2 Å². The van der Waals surface area contributed by atoms with E-state index in [0.717, 1.165) is 35.5 Å². The van der Waals surface area contributed by atoms with Gasteiger partial charge in [0, 0.05) is 22.7 Å². The predicted octanol–water partition coefficient (Wildman–Crippen LogP) is 4.60. The molecule has 31 heavy (non-hydrogen) atoms. The number of hydrogen-bond acceptors (Lipinski definition) is 6. The molecule has 2 heterocycles. The van der Waals surface area contributed by atoms with Crippen molar-refractivity contribution in [1.82, 2.24) is 20.1 Å². The highest BCUT2D eigenvalue weighted by Gasteiger charge is 2.32. The molecule has 9 heteroatoms. The van der Waals surface area contributed by atoms with E-state index in [1.54, 1.807) is 26.4 Å². The molecule has 1 aliphatic rings. The van der Waals surface area contributed by atoms with Crippen LogP contribution in [0.3, 0.4) is 0 Å². The highest BCUT2D eigenvalue weighted by atomic mass is 35.5. The molecule has 162 valence electrons. The molecule has 0 aliphatic carbocycles. The number of aromatic amines is 1. The topological polar surface area (TPSA) is 80.3 Å². The van der Waals surface area contributed by atoms with Crippen molar-refractivity contribution in [2.75, 3.05) is 26.5 Å². The summed E-state index contributed by atoms with van der Waals surface area (Å²) in [6, 6.07) is 13.0. The number of thioether (sulfide) groups is 1. The van der Waals surface area contributed by atoms with Crippen molar-refractivity contribution >= 4 is 29.3 Å². The molecule has 7 nitrogen and oxygen atoms in total. The van der Waals surface area contributed by atoms with Crippen LogP contribution in [-0.2, 0) is 4.79 Å². The Morgan fingerprint density at radius 1 is 1.23 bits per heavy atom. The summed E-state index contributed by atoms with van der Waals surface area (Å²) in [5.74, 6) is 2.47. The minimum Gasteiger partial charge on any atom is -0.497 e. The summed E-state index contributed by atoms with van der Waals surface area (Å²) in [5, 5.41) is 8.34. The fourth-order valence-corrected chi connectivity index (χ4v) is 4.56. The molecule has 1 N–H and O–H groups in total. The van der Waals surface area contributed by atoms with Gasteiger partial charge < -0.3 is 14.4 Å². The lowest BCUT2D eigenvalue weighted by atomic mass is 10.0. The third kappa shape index (κ3) is 4.80. The number of nitrogens with zero attached hydrogens (tertiary/aromatic N) is 3. The maximum absolute atomic E-state index is 13.0. The van der Waals surface area contributed by atoms with Crippen LogP contribution in [0.2, 0.25) is 5.02 Å². The summed E-state index contributed by atoms with van der Waals surface area (Å²) < 4.78 is 10.9. The van der Waals surface area contributed by atoms with Crippen LogP contribution >= 0.6 is 23.4 Å². The maximum atomic E-state index is 13.0. The van der Waals surface area contributed by atoms with E-state index in [0.29, 0.717) is 22.5 Å². The van der Waals surface area contributed by atoms with Crippen LogP contribution in [0.15, 0.2) is 47.6 Å². The van der Waals surface area contributed by atoms with Gasteiger partial charge in [-0.2, -0.15) is 0 Å². The van der Waals surface area contributed by atoms with Crippen molar-refractivity contribution in [3.05, 3.63) is 53.1 Å². The number of benzene rings is 2. The van der Waals surface area contributed by atoms with Crippen molar-refractivity contribution in [2.24, 2.45) is 0 Å².